The van der Waals surface area contributed by atoms with Crippen LogP contribution < -0.4 is 5.32 Å². The Morgan fingerprint density at radius 2 is 1.90 bits per heavy atom. The number of hydrogen-bond acceptors (Lipinski definition) is 5. The van der Waals surface area contributed by atoms with Crippen LogP contribution in [0.25, 0.3) is 11.3 Å². The lowest BCUT2D eigenvalue weighted by Crippen LogP contribution is -2.43. The van der Waals surface area contributed by atoms with Crippen LogP contribution in [-0.4, -0.2) is 36.2 Å². The van der Waals surface area contributed by atoms with E-state index in [2.05, 4.69) is 17.2 Å². The number of nitrogens with zero attached hydrogens (tertiary/aromatic N) is 2. The number of sulfonamides is 1. The first kappa shape index (κ1) is 21.6. The van der Waals surface area contributed by atoms with Gasteiger partial charge in [-0.2, -0.15) is 4.31 Å². The average Bonchev–Trinajstić information content (AvgIpc) is 3.44. The van der Waals surface area contributed by atoms with Crippen molar-refractivity contribution in [2.24, 2.45) is 0 Å². The van der Waals surface area contributed by atoms with Crippen molar-refractivity contribution in [1.29, 1.82) is 0 Å². The summed E-state index contributed by atoms with van der Waals surface area (Å²) in [5.41, 5.74) is 2.94. The molecule has 0 aliphatic carbocycles. The molecule has 0 saturated carbocycles. The zero-order valence-electron chi connectivity index (χ0n) is 16.9. The van der Waals surface area contributed by atoms with Crippen molar-refractivity contribution in [3.8, 4) is 11.3 Å². The number of amides is 1. The van der Waals surface area contributed by atoms with E-state index in [1.807, 2.05) is 29.6 Å². The summed E-state index contributed by atoms with van der Waals surface area (Å²) < 4.78 is 40.3. The normalized spacial score (nSPS) is 17.0. The van der Waals surface area contributed by atoms with Crippen LogP contribution in [0.15, 0.2) is 58.8 Å². The summed E-state index contributed by atoms with van der Waals surface area (Å²) in [6.07, 6.45) is 1.95. The highest BCUT2D eigenvalue weighted by Gasteiger charge is 2.39. The molecule has 1 atom stereocenters. The van der Waals surface area contributed by atoms with Crippen molar-refractivity contribution in [3.63, 3.8) is 0 Å². The summed E-state index contributed by atoms with van der Waals surface area (Å²) in [6, 6.07) is 11.9. The van der Waals surface area contributed by atoms with E-state index in [4.69, 9.17) is 0 Å². The van der Waals surface area contributed by atoms with Gasteiger partial charge in [0.25, 0.3) is 0 Å². The highest BCUT2D eigenvalue weighted by Crippen LogP contribution is 2.29. The first-order valence-corrected chi connectivity index (χ1v) is 12.3. The number of carbonyl (C=O) groups is 1. The number of thiazole rings is 1. The van der Waals surface area contributed by atoms with Gasteiger partial charge in [-0.25, -0.2) is 17.8 Å². The van der Waals surface area contributed by atoms with Crippen molar-refractivity contribution in [2.75, 3.05) is 11.9 Å². The molecule has 3 aromatic rings. The fraction of sp³-hybridized carbons (Fsp3) is 0.273. The second kappa shape index (κ2) is 8.86. The minimum atomic E-state index is -3.90. The SMILES string of the molecule is CCc1ccc(-c2csc(NC(=O)C3CCCN3S(=O)(=O)c3ccc(F)cc3)n2)cc1. The molecule has 31 heavy (non-hydrogen) atoms. The van der Waals surface area contributed by atoms with Gasteiger partial charge in [0.15, 0.2) is 5.13 Å². The average molecular weight is 460 g/mol. The molecule has 6 nitrogen and oxygen atoms in total. The van der Waals surface area contributed by atoms with Gasteiger partial charge in [0.2, 0.25) is 15.9 Å². The molecule has 0 bridgehead atoms. The van der Waals surface area contributed by atoms with E-state index in [-0.39, 0.29) is 11.4 Å². The fourth-order valence-electron chi connectivity index (χ4n) is 3.60. The highest BCUT2D eigenvalue weighted by molar-refractivity contribution is 7.89. The van der Waals surface area contributed by atoms with E-state index in [0.29, 0.717) is 18.0 Å². The summed E-state index contributed by atoms with van der Waals surface area (Å²) in [7, 11) is -3.90. The first-order chi connectivity index (χ1) is 14.9. The second-order valence-corrected chi connectivity index (χ2v) is 10.1. The fourth-order valence-corrected chi connectivity index (χ4v) is 5.97. The Bertz CT molecular complexity index is 1180. The summed E-state index contributed by atoms with van der Waals surface area (Å²) in [6.45, 7) is 2.33. The van der Waals surface area contributed by atoms with Crippen LogP contribution in [-0.2, 0) is 21.2 Å². The highest BCUT2D eigenvalue weighted by atomic mass is 32.2. The van der Waals surface area contributed by atoms with Crippen LogP contribution in [0.5, 0.6) is 0 Å². The number of benzene rings is 2. The van der Waals surface area contributed by atoms with E-state index in [9.17, 15) is 17.6 Å². The van der Waals surface area contributed by atoms with Crippen molar-refractivity contribution >= 4 is 32.4 Å². The monoisotopic (exact) mass is 459 g/mol. The lowest BCUT2D eigenvalue weighted by Gasteiger charge is -2.23. The van der Waals surface area contributed by atoms with Crippen LogP contribution in [0.4, 0.5) is 9.52 Å². The van der Waals surface area contributed by atoms with Crippen LogP contribution in [0, 0.1) is 5.82 Å². The van der Waals surface area contributed by atoms with Crippen molar-refractivity contribution in [2.45, 2.75) is 37.1 Å². The summed E-state index contributed by atoms with van der Waals surface area (Å²) >= 11 is 1.30. The van der Waals surface area contributed by atoms with Crippen molar-refractivity contribution in [3.05, 3.63) is 65.3 Å². The Balaban J connectivity index is 1.49. The molecule has 2 heterocycles. The third-order valence-corrected chi connectivity index (χ3v) is 8.00. The smallest absolute Gasteiger partial charge is 0.244 e. The van der Waals surface area contributed by atoms with Gasteiger partial charge in [-0.05, 0) is 49.1 Å². The molecule has 1 saturated heterocycles. The van der Waals surface area contributed by atoms with Gasteiger partial charge in [0.1, 0.15) is 11.9 Å². The number of aromatic nitrogens is 1. The summed E-state index contributed by atoms with van der Waals surface area (Å²) in [5, 5.41) is 5.04. The van der Waals surface area contributed by atoms with Gasteiger partial charge in [0.05, 0.1) is 10.6 Å². The molecule has 9 heteroatoms. The van der Waals surface area contributed by atoms with Gasteiger partial charge in [-0.1, -0.05) is 31.2 Å². The zero-order valence-corrected chi connectivity index (χ0v) is 18.5. The van der Waals surface area contributed by atoms with Gasteiger partial charge in [-0.15, -0.1) is 11.3 Å². The van der Waals surface area contributed by atoms with Crippen LogP contribution >= 0.6 is 11.3 Å². The van der Waals surface area contributed by atoms with E-state index in [1.165, 1.54) is 33.3 Å². The molecular weight excluding hydrogens is 437 g/mol. The van der Waals surface area contributed by atoms with Crippen LogP contribution in [0.3, 0.4) is 0 Å². The quantitative estimate of drug-likeness (QED) is 0.596. The lowest BCUT2D eigenvalue weighted by atomic mass is 10.1. The maximum Gasteiger partial charge on any atom is 0.244 e. The predicted octanol–water partition coefficient (Wildman–Crippen LogP) is 4.30. The van der Waals surface area contributed by atoms with Gasteiger partial charge in [0, 0.05) is 17.5 Å². The third-order valence-electron chi connectivity index (χ3n) is 5.32. The summed E-state index contributed by atoms with van der Waals surface area (Å²) in [5.74, 6) is -0.927. The Labute approximate surface area is 184 Å². The first-order valence-electron chi connectivity index (χ1n) is 10.0. The number of anilines is 1. The minimum Gasteiger partial charge on any atom is -0.301 e. The van der Waals surface area contributed by atoms with Crippen LogP contribution in [0.1, 0.15) is 25.3 Å². The number of hydrogen-bond donors (Lipinski definition) is 1. The standard InChI is InChI=1S/C22H22FN3O3S2/c1-2-15-5-7-16(8-6-15)19-14-30-22(24-19)25-21(27)20-4-3-13-26(20)31(28,29)18-11-9-17(23)10-12-18/h5-12,14,20H,2-4,13H2,1H3,(H,24,25,27). The molecule has 1 aromatic heterocycles. The Morgan fingerprint density at radius 3 is 2.58 bits per heavy atom. The maximum atomic E-state index is 13.2. The van der Waals surface area contributed by atoms with E-state index < -0.39 is 27.8 Å². The number of aryl methyl sites for hydroxylation is 1. The molecule has 1 N–H and O–H groups in total. The summed E-state index contributed by atoms with van der Waals surface area (Å²) in [4.78, 5) is 17.3. The molecule has 1 aliphatic rings. The molecule has 2 aromatic carbocycles. The molecular formula is C22H22FN3O3S2. The Kier molecular flexibility index (Phi) is 6.17. The molecule has 4 rings (SSSR count). The Morgan fingerprint density at radius 1 is 1.19 bits per heavy atom. The molecule has 1 amide bonds. The maximum absolute atomic E-state index is 13.2. The Hall–Kier alpha value is -2.62. The molecule has 0 spiro atoms. The van der Waals surface area contributed by atoms with Gasteiger partial charge >= 0.3 is 0 Å². The molecule has 1 unspecified atom stereocenters. The van der Waals surface area contributed by atoms with Crippen molar-refractivity contribution in [1.82, 2.24) is 9.29 Å². The van der Waals surface area contributed by atoms with Crippen LogP contribution in [0.2, 0.25) is 0 Å². The van der Waals surface area contributed by atoms with E-state index >= 15 is 0 Å². The minimum absolute atomic E-state index is 0.0272. The van der Waals surface area contributed by atoms with E-state index in [1.54, 1.807) is 0 Å². The second-order valence-electron chi connectivity index (χ2n) is 7.31. The lowest BCUT2D eigenvalue weighted by molar-refractivity contribution is -0.119. The number of halogens is 1. The number of rotatable bonds is 6. The van der Waals surface area contributed by atoms with Gasteiger partial charge < -0.3 is 5.32 Å². The molecule has 162 valence electrons. The molecule has 1 fully saturated rings. The topological polar surface area (TPSA) is 79.4 Å². The predicted molar refractivity (Wildman–Crippen MR) is 119 cm³/mol. The zero-order chi connectivity index (χ0) is 22.0. The largest absolute Gasteiger partial charge is 0.301 e. The number of carbonyl (C=O) groups excluding carboxylic acids is 1. The molecule has 1 aliphatic heterocycles. The van der Waals surface area contributed by atoms with Gasteiger partial charge in [-0.3, -0.25) is 4.79 Å². The molecule has 0 radical (unpaired) electrons. The third kappa shape index (κ3) is 4.53. The van der Waals surface area contributed by atoms with Crippen molar-refractivity contribution < 1.29 is 17.6 Å². The number of nitrogens with one attached hydrogen (secondary N) is 1. The van der Waals surface area contributed by atoms with E-state index in [0.717, 1.165) is 29.8 Å².